The maximum atomic E-state index is 12.2. The van der Waals surface area contributed by atoms with Gasteiger partial charge in [-0.1, -0.05) is 25.1 Å². The SMILES string of the molecule is CC[C@@H](Cc1ccccc1OC(F)(F)F)C(=O)O. The number of carboxylic acid groups (broad SMARTS) is 1. The van der Waals surface area contributed by atoms with Gasteiger partial charge in [0, 0.05) is 0 Å². The molecule has 0 saturated heterocycles. The molecule has 0 unspecified atom stereocenters. The van der Waals surface area contributed by atoms with Gasteiger partial charge in [0.2, 0.25) is 0 Å². The number of hydrogen-bond acceptors (Lipinski definition) is 2. The van der Waals surface area contributed by atoms with Gasteiger partial charge in [0.25, 0.3) is 0 Å². The lowest BCUT2D eigenvalue weighted by Gasteiger charge is -2.15. The molecule has 1 aromatic rings. The molecule has 0 radical (unpaired) electrons. The van der Waals surface area contributed by atoms with Crippen molar-refractivity contribution in [2.45, 2.75) is 26.1 Å². The second-order valence-corrected chi connectivity index (χ2v) is 3.80. The molecular weight excluding hydrogens is 249 g/mol. The van der Waals surface area contributed by atoms with Crippen LogP contribution in [0.25, 0.3) is 0 Å². The summed E-state index contributed by atoms with van der Waals surface area (Å²) in [5, 5.41) is 8.89. The van der Waals surface area contributed by atoms with Crippen LogP contribution in [0.15, 0.2) is 24.3 Å². The van der Waals surface area contributed by atoms with Crippen LogP contribution < -0.4 is 4.74 Å². The average molecular weight is 262 g/mol. The highest BCUT2D eigenvalue weighted by atomic mass is 19.4. The number of aliphatic carboxylic acids is 1. The predicted octanol–water partition coefficient (Wildman–Crippen LogP) is 3.24. The van der Waals surface area contributed by atoms with Crippen molar-refractivity contribution in [3.8, 4) is 5.75 Å². The normalized spacial score (nSPS) is 13.1. The van der Waals surface area contributed by atoms with Gasteiger partial charge in [-0.15, -0.1) is 13.2 Å². The third-order valence-electron chi connectivity index (χ3n) is 2.51. The van der Waals surface area contributed by atoms with Crippen LogP contribution in [0.4, 0.5) is 13.2 Å². The maximum Gasteiger partial charge on any atom is 0.573 e. The second-order valence-electron chi connectivity index (χ2n) is 3.80. The zero-order chi connectivity index (χ0) is 13.8. The van der Waals surface area contributed by atoms with Gasteiger partial charge >= 0.3 is 12.3 Å². The molecule has 1 aromatic carbocycles. The molecule has 0 spiro atoms. The van der Waals surface area contributed by atoms with E-state index in [1.54, 1.807) is 13.0 Å². The zero-order valence-corrected chi connectivity index (χ0v) is 9.70. The summed E-state index contributed by atoms with van der Waals surface area (Å²) in [7, 11) is 0. The molecule has 0 aliphatic heterocycles. The summed E-state index contributed by atoms with van der Waals surface area (Å²) >= 11 is 0. The number of carbonyl (C=O) groups is 1. The average Bonchev–Trinajstić information content (AvgIpc) is 2.25. The minimum absolute atomic E-state index is 0.0120. The fourth-order valence-electron chi connectivity index (χ4n) is 1.57. The first-order valence-corrected chi connectivity index (χ1v) is 5.40. The third kappa shape index (κ3) is 4.27. The van der Waals surface area contributed by atoms with Crippen molar-refractivity contribution in [1.29, 1.82) is 0 Å². The van der Waals surface area contributed by atoms with E-state index in [2.05, 4.69) is 4.74 Å². The summed E-state index contributed by atoms with van der Waals surface area (Å²) in [5.41, 5.74) is 0.240. The van der Waals surface area contributed by atoms with E-state index >= 15 is 0 Å². The van der Waals surface area contributed by atoms with Crippen LogP contribution in [0.3, 0.4) is 0 Å². The predicted molar refractivity (Wildman–Crippen MR) is 58.2 cm³/mol. The molecule has 0 heterocycles. The van der Waals surface area contributed by atoms with Crippen molar-refractivity contribution >= 4 is 5.97 Å². The molecule has 1 N–H and O–H groups in total. The van der Waals surface area contributed by atoms with Gasteiger partial charge in [0.1, 0.15) is 5.75 Å². The Kier molecular flexibility index (Phi) is 4.58. The lowest BCUT2D eigenvalue weighted by molar-refractivity contribution is -0.274. The number of hydrogen-bond donors (Lipinski definition) is 1. The number of benzene rings is 1. The van der Waals surface area contributed by atoms with Gasteiger partial charge in [-0.2, -0.15) is 0 Å². The van der Waals surface area contributed by atoms with Crippen molar-refractivity contribution < 1.29 is 27.8 Å². The minimum atomic E-state index is -4.78. The van der Waals surface area contributed by atoms with Crippen LogP contribution in [0.1, 0.15) is 18.9 Å². The summed E-state index contributed by atoms with van der Waals surface area (Å²) in [5.74, 6) is -2.09. The Morgan fingerprint density at radius 3 is 2.50 bits per heavy atom. The van der Waals surface area contributed by atoms with E-state index in [1.165, 1.54) is 18.2 Å². The Labute approximate surface area is 102 Å². The number of alkyl halides is 3. The molecule has 0 saturated carbocycles. The summed E-state index contributed by atoms with van der Waals surface area (Å²) < 4.78 is 40.3. The number of para-hydroxylation sites is 1. The van der Waals surface area contributed by atoms with E-state index in [0.717, 1.165) is 0 Å². The topological polar surface area (TPSA) is 46.5 Å². The van der Waals surface area contributed by atoms with Gasteiger partial charge < -0.3 is 9.84 Å². The highest BCUT2D eigenvalue weighted by Gasteiger charge is 2.32. The number of carboxylic acids is 1. The van der Waals surface area contributed by atoms with Crippen molar-refractivity contribution in [1.82, 2.24) is 0 Å². The van der Waals surface area contributed by atoms with Gasteiger partial charge in [-0.05, 0) is 24.5 Å². The van der Waals surface area contributed by atoms with Crippen molar-refractivity contribution in [3.05, 3.63) is 29.8 Å². The Hall–Kier alpha value is -1.72. The monoisotopic (exact) mass is 262 g/mol. The largest absolute Gasteiger partial charge is 0.573 e. The zero-order valence-electron chi connectivity index (χ0n) is 9.70. The van der Waals surface area contributed by atoms with E-state index in [1.807, 2.05) is 0 Å². The van der Waals surface area contributed by atoms with Crippen molar-refractivity contribution in [3.63, 3.8) is 0 Å². The fraction of sp³-hybridized carbons (Fsp3) is 0.417. The first-order chi connectivity index (χ1) is 8.33. The van der Waals surface area contributed by atoms with Crippen LogP contribution in [0.5, 0.6) is 5.75 Å². The van der Waals surface area contributed by atoms with Crippen molar-refractivity contribution in [2.24, 2.45) is 5.92 Å². The van der Waals surface area contributed by atoms with Gasteiger partial charge in [0.05, 0.1) is 5.92 Å². The van der Waals surface area contributed by atoms with E-state index in [4.69, 9.17) is 5.11 Å². The number of ether oxygens (including phenoxy) is 1. The third-order valence-corrected chi connectivity index (χ3v) is 2.51. The first-order valence-electron chi connectivity index (χ1n) is 5.40. The molecule has 6 heteroatoms. The summed E-state index contributed by atoms with van der Waals surface area (Å²) in [6.07, 6.45) is -4.42. The lowest BCUT2D eigenvalue weighted by Crippen LogP contribution is -2.20. The van der Waals surface area contributed by atoms with E-state index in [9.17, 15) is 18.0 Å². The van der Waals surface area contributed by atoms with Crippen LogP contribution >= 0.6 is 0 Å². The van der Waals surface area contributed by atoms with Crippen LogP contribution in [-0.4, -0.2) is 17.4 Å². The van der Waals surface area contributed by atoms with Crippen LogP contribution in [0.2, 0.25) is 0 Å². The Bertz CT molecular complexity index is 415. The molecule has 0 aliphatic rings. The Balaban J connectivity index is 2.91. The van der Waals surface area contributed by atoms with Crippen LogP contribution in [-0.2, 0) is 11.2 Å². The molecule has 18 heavy (non-hydrogen) atoms. The van der Waals surface area contributed by atoms with Gasteiger partial charge in [0.15, 0.2) is 0 Å². The summed E-state index contributed by atoms with van der Waals surface area (Å²) in [6.45, 7) is 1.67. The van der Waals surface area contributed by atoms with Gasteiger partial charge in [-0.3, -0.25) is 4.79 Å². The number of rotatable bonds is 5. The molecular formula is C12H13F3O3. The maximum absolute atomic E-state index is 12.2. The molecule has 0 fully saturated rings. The Morgan fingerprint density at radius 2 is 2.00 bits per heavy atom. The van der Waals surface area contributed by atoms with E-state index in [-0.39, 0.29) is 17.7 Å². The van der Waals surface area contributed by atoms with E-state index < -0.39 is 18.2 Å². The molecule has 100 valence electrons. The Morgan fingerprint density at radius 1 is 1.39 bits per heavy atom. The second kappa shape index (κ2) is 5.75. The molecule has 0 amide bonds. The molecule has 0 bridgehead atoms. The number of halogens is 3. The molecule has 3 nitrogen and oxygen atoms in total. The smallest absolute Gasteiger partial charge is 0.481 e. The lowest BCUT2D eigenvalue weighted by atomic mass is 9.96. The highest BCUT2D eigenvalue weighted by Crippen LogP contribution is 2.28. The van der Waals surface area contributed by atoms with E-state index in [0.29, 0.717) is 6.42 Å². The minimum Gasteiger partial charge on any atom is -0.481 e. The summed E-state index contributed by atoms with van der Waals surface area (Å²) in [6, 6.07) is 5.57. The van der Waals surface area contributed by atoms with Crippen LogP contribution in [0, 0.1) is 5.92 Å². The molecule has 0 aliphatic carbocycles. The quantitative estimate of drug-likeness (QED) is 0.886. The standard InChI is InChI=1S/C12H13F3O3/c1-2-8(11(16)17)7-9-5-3-4-6-10(9)18-12(13,14)15/h3-6,8H,2,7H2,1H3,(H,16,17)/t8-/m0/s1. The molecule has 1 rings (SSSR count). The molecule has 0 aromatic heterocycles. The first kappa shape index (κ1) is 14.3. The molecule has 1 atom stereocenters. The summed E-state index contributed by atoms with van der Waals surface area (Å²) in [4.78, 5) is 10.9. The van der Waals surface area contributed by atoms with Gasteiger partial charge in [-0.25, -0.2) is 0 Å². The highest BCUT2D eigenvalue weighted by molar-refractivity contribution is 5.70. The van der Waals surface area contributed by atoms with Crippen molar-refractivity contribution in [2.75, 3.05) is 0 Å². The fourth-order valence-corrected chi connectivity index (χ4v) is 1.57.